The predicted octanol–water partition coefficient (Wildman–Crippen LogP) is 8.61. The molecule has 3 rings (SSSR count). The van der Waals surface area contributed by atoms with Crippen LogP contribution in [0.25, 0.3) is 10.9 Å². The first kappa shape index (κ1) is 23.5. The summed E-state index contributed by atoms with van der Waals surface area (Å²) in [5, 5.41) is 1.22. The van der Waals surface area contributed by atoms with E-state index in [-0.39, 0.29) is 21.7 Å². The highest BCUT2D eigenvalue weighted by molar-refractivity contribution is 5.78. The number of rotatable bonds is 7. The van der Waals surface area contributed by atoms with Crippen LogP contribution in [0.2, 0.25) is 0 Å². The van der Waals surface area contributed by atoms with Crippen molar-refractivity contribution in [2.45, 2.75) is 80.1 Å². The highest BCUT2D eigenvalue weighted by Gasteiger charge is 2.55. The lowest BCUT2D eigenvalue weighted by atomic mass is 9.44. The molecule has 0 saturated carbocycles. The number of aryl methyl sites for hydroxylation is 1. The third-order valence-electron chi connectivity index (χ3n) is 8.86. The monoisotopic (exact) mass is 415 g/mol. The minimum absolute atomic E-state index is 0.0531. The molecule has 31 heavy (non-hydrogen) atoms. The maximum absolute atomic E-state index is 4.92. The first-order chi connectivity index (χ1) is 14.4. The predicted molar refractivity (Wildman–Crippen MR) is 135 cm³/mol. The Morgan fingerprint density at radius 1 is 0.677 bits per heavy atom. The maximum Gasteiger partial charge on any atom is 0.0705 e. The summed E-state index contributed by atoms with van der Waals surface area (Å²) < 4.78 is 0. The molecule has 1 unspecified atom stereocenters. The van der Waals surface area contributed by atoms with Crippen LogP contribution in [0.3, 0.4) is 0 Å². The van der Waals surface area contributed by atoms with Crippen LogP contribution in [0.4, 0.5) is 0 Å². The SMILES string of the molecule is CC(C)(C)C(C)(CCCc1ccc2ccccc2n1)C(C)(C)C(C)(C)c1ccccc1. The Morgan fingerprint density at radius 2 is 1.29 bits per heavy atom. The van der Waals surface area contributed by atoms with Crippen LogP contribution in [0, 0.1) is 16.2 Å². The van der Waals surface area contributed by atoms with Gasteiger partial charge in [0, 0.05) is 11.1 Å². The zero-order chi connectivity index (χ0) is 22.9. The summed E-state index contributed by atoms with van der Waals surface area (Å²) in [5.74, 6) is 0. The minimum atomic E-state index is 0.0531. The fourth-order valence-corrected chi connectivity index (χ4v) is 5.40. The molecule has 0 aliphatic rings. The number of nitrogens with zero attached hydrogens (tertiary/aromatic N) is 1. The number of aromatic nitrogens is 1. The molecule has 0 aliphatic carbocycles. The van der Waals surface area contributed by atoms with Crippen molar-refractivity contribution in [2.24, 2.45) is 16.2 Å². The number of hydrogen-bond acceptors (Lipinski definition) is 1. The smallest absolute Gasteiger partial charge is 0.0705 e. The van der Waals surface area contributed by atoms with Crippen LogP contribution < -0.4 is 0 Å². The molecule has 0 bridgehead atoms. The molecule has 0 radical (unpaired) electrons. The number of benzene rings is 2. The molecule has 0 amide bonds. The largest absolute Gasteiger partial charge is 0.253 e. The molecule has 1 heterocycles. The van der Waals surface area contributed by atoms with Crippen molar-refractivity contribution in [3.8, 4) is 0 Å². The molecule has 1 atom stereocenters. The van der Waals surface area contributed by atoms with Gasteiger partial charge in [-0.3, -0.25) is 4.98 Å². The van der Waals surface area contributed by atoms with E-state index < -0.39 is 0 Å². The third kappa shape index (κ3) is 4.29. The van der Waals surface area contributed by atoms with Gasteiger partial charge in [-0.2, -0.15) is 0 Å². The van der Waals surface area contributed by atoms with Crippen molar-refractivity contribution in [3.63, 3.8) is 0 Å². The van der Waals surface area contributed by atoms with E-state index >= 15 is 0 Å². The number of para-hydroxylation sites is 1. The Morgan fingerprint density at radius 3 is 1.94 bits per heavy atom. The first-order valence-corrected chi connectivity index (χ1v) is 11.8. The molecular formula is C30H41N. The van der Waals surface area contributed by atoms with Gasteiger partial charge in [-0.15, -0.1) is 0 Å². The van der Waals surface area contributed by atoms with E-state index in [1.165, 1.54) is 23.1 Å². The Bertz CT molecular complexity index is 1010. The van der Waals surface area contributed by atoms with Crippen LogP contribution in [0.5, 0.6) is 0 Å². The molecule has 1 nitrogen and oxygen atoms in total. The summed E-state index contributed by atoms with van der Waals surface area (Å²) in [5.41, 5.74) is 4.20. The van der Waals surface area contributed by atoms with Gasteiger partial charge < -0.3 is 0 Å². The second-order valence-corrected chi connectivity index (χ2v) is 11.5. The summed E-state index contributed by atoms with van der Waals surface area (Å²) in [4.78, 5) is 4.92. The van der Waals surface area contributed by atoms with Gasteiger partial charge in [0.1, 0.15) is 0 Å². The average molecular weight is 416 g/mol. The van der Waals surface area contributed by atoms with Gasteiger partial charge in [0.05, 0.1) is 5.52 Å². The molecule has 166 valence electrons. The molecule has 2 aromatic carbocycles. The molecule has 3 aromatic rings. The van der Waals surface area contributed by atoms with Gasteiger partial charge in [-0.25, -0.2) is 0 Å². The highest BCUT2D eigenvalue weighted by atomic mass is 14.7. The summed E-state index contributed by atoms with van der Waals surface area (Å²) in [6.45, 7) is 19.6. The molecule has 0 saturated heterocycles. The van der Waals surface area contributed by atoms with Crippen molar-refractivity contribution >= 4 is 10.9 Å². The second kappa shape index (κ2) is 8.41. The van der Waals surface area contributed by atoms with Crippen molar-refractivity contribution in [3.05, 3.63) is 78.0 Å². The Hall–Kier alpha value is -2.15. The molecule has 1 aromatic heterocycles. The molecular weight excluding hydrogens is 374 g/mol. The topological polar surface area (TPSA) is 12.9 Å². The van der Waals surface area contributed by atoms with Crippen LogP contribution in [0.1, 0.15) is 79.5 Å². The Labute approximate surface area is 190 Å². The van der Waals surface area contributed by atoms with Gasteiger partial charge in [0.2, 0.25) is 0 Å². The summed E-state index contributed by atoms with van der Waals surface area (Å²) in [7, 11) is 0. The van der Waals surface area contributed by atoms with Crippen molar-refractivity contribution < 1.29 is 0 Å². The van der Waals surface area contributed by atoms with Crippen molar-refractivity contribution in [2.75, 3.05) is 0 Å². The fraction of sp³-hybridized carbons (Fsp3) is 0.500. The average Bonchev–Trinajstić information content (AvgIpc) is 2.73. The number of pyridine rings is 1. The molecule has 0 aliphatic heterocycles. The highest BCUT2D eigenvalue weighted by Crippen LogP contribution is 2.61. The number of fused-ring (bicyclic) bond motifs is 1. The first-order valence-electron chi connectivity index (χ1n) is 11.8. The zero-order valence-electron chi connectivity index (χ0n) is 20.9. The van der Waals surface area contributed by atoms with E-state index in [4.69, 9.17) is 4.98 Å². The maximum atomic E-state index is 4.92. The van der Waals surface area contributed by atoms with Crippen LogP contribution in [-0.4, -0.2) is 4.98 Å². The summed E-state index contributed by atoms with van der Waals surface area (Å²) in [6, 6.07) is 23.9. The lowest BCUT2D eigenvalue weighted by Crippen LogP contribution is -2.54. The van der Waals surface area contributed by atoms with E-state index in [0.29, 0.717) is 0 Å². The third-order valence-corrected chi connectivity index (χ3v) is 8.86. The molecule has 0 N–H and O–H groups in total. The second-order valence-electron chi connectivity index (χ2n) is 11.5. The molecule has 0 spiro atoms. The van der Waals surface area contributed by atoms with Gasteiger partial charge >= 0.3 is 0 Å². The lowest BCUT2D eigenvalue weighted by Gasteiger charge is -2.60. The van der Waals surface area contributed by atoms with Crippen LogP contribution in [0.15, 0.2) is 66.7 Å². The van der Waals surface area contributed by atoms with E-state index in [9.17, 15) is 0 Å². The Balaban J connectivity index is 1.86. The zero-order valence-corrected chi connectivity index (χ0v) is 20.9. The number of hydrogen-bond donors (Lipinski definition) is 0. The lowest BCUT2D eigenvalue weighted by molar-refractivity contribution is -0.0773. The minimum Gasteiger partial charge on any atom is -0.253 e. The standard InChI is InChI=1S/C30H41N/c1-27(2,3)30(8,29(6,7)28(4,5)24-16-10-9-11-17-24)22-14-18-25-21-20-23-15-12-13-19-26(23)31-25/h9-13,15-17,19-21H,14,18,22H2,1-8H3. The van der Waals surface area contributed by atoms with Crippen LogP contribution in [-0.2, 0) is 11.8 Å². The normalized spacial score (nSPS) is 15.1. The van der Waals surface area contributed by atoms with E-state index in [1.54, 1.807) is 0 Å². The Kier molecular flexibility index (Phi) is 6.38. The van der Waals surface area contributed by atoms with E-state index in [1.807, 2.05) is 0 Å². The van der Waals surface area contributed by atoms with Crippen molar-refractivity contribution in [1.29, 1.82) is 0 Å². The van der Waals surface area contributed by atoms with Gasteiger partial charge in [-0.05, 0) is 58.6 Å². The summed E-state index contributed by atoms with van der Waals surface area (Å²) >= 11 is 0. The van der Waals surface area contributed by atoms with Gasteiger partial charge in [0.15, 0.2) is 0 Å². The van der Waals surface area contributed by atoms with Crippen LogP contribution >= 0.6 is 0 Å². The van der Waals surface area contributed by atoms with Gasteiger partial charge in [-0.1, -0.05) is 110 Å². The van der Waals surface area contributed by atoms with Crippen molar-refractivity contribution in [1.82, 2.24) is 4.98 Å². The van der Waals surface area contributed by atoms with E-state index in [2.05, 4.69) is 122 Å². The fourth-order valence-electron chi connectivity index (χ4n) is 5.40. The van der Waals surface area contributed by atoms with Gasteiger partial charge in [0.25, 0.3) is 0 Å². The quantitative estimate of drug-likeness (QED) is 0.376. The summed E-state index contributed by atoms with van der Waals surface area (Å²) in [6.07, 6.45) is 3.35. The molecule has 1 heteroatoms. The molecule has 0 fully saturated rings. The van der Waals surface area contributed by atoms with E-state index in [0.717, 1.165) is 18.4 Å².